The van der Waals surface area contributed by atoms with Crippen molar-refractivity contribution in [1.29, 1.82) is 0 Å². The van der Waals surface area contributed by atoms with E-state index in [0.29, 0.717) is 5.69 Å². The summed E-state index contributed by atoms with van der Waals surface area (Å²) in [5, 5.41) is 10.1. The SMILES string of the molecule is Cl.Cn1c(C(=O)N=C(N)N)cc2cc(O)ccc21. The molecule has 0 spiro atoms. The minimum Gasteiger partial charge on any atom is -0.508 e. The molecule has 0 unspecified atom stereocenters. The van der Waals surface area contributed by atoms with Crippen LogP contribution in [0.4, 0.5) is 0 Å². The van der Waals surface area contributed by atoms with Crippen molar-refractivity contribution in [3.8, 4) is 5.75 Å². The van der Waals surface area contributed by atoms with Crippen molar-refractivity contribution in [2.75, 3.05) is 0 Å². The van der Waals surface area contributed by atoms with E-state index >= 15 is 0 Å². The summed E-state index contributed by atoms with van der Waals surface area (Å²) in [5.74, 6) is -0.643. The molecule has 0 aliphatic rings. The van der Waals surface area contributed by atoms with Crippen molar-refractivity contribution in [2.24, 2.45) is 23.5 Å². The zero-order valence-electron chi connectivity index (χ0n) is 9.62. The first-order chi connectivity index (χ1) is 7.99. The molecule has 2 rings (SSSR count). The predicted octanol–water partition coefficient (Wildman–Crippen LogP) is 0.719. The number of hydrogen-bond acceptors (Lipinski definition) is 2. The van der Waals surface area contributed by atoms with E-state index in [1.165, 1.54) is 0 Å². The highest BCUT2D eigenvalue weighted by atomic mass is 35.5. The summed E-state index contributed by atoms with van der Waals surface area (Å²) in [5.41, 5.74) is 11.5. The van der Waals surface area contributed by atoms with Gasteiger partial charge in [-0.25, -0.2) is 0 Å². The highest BCUT2D eigenvalue weighted by Gasteiger charge is 2.13. The van der Waals surface area contributed by atoms with Crippen molar-refractivity contribution in [2.45, 2.75) is 0 Å². The molecule has 0 saturated heterocycles. The molecule has 0 fully saturated rings. The molecule has 7 heteroatoms. The number of amides is 1. The Morgan fingerprint density at radius 3 is 2.61 bits per heavy atom. The molecule has 0 bridgehead atoms. The van der Waals surface area contributed by atoms with Crippen molar-refractivity contribution in [1.82, 2.24) is 4.57 Å². The van der Waals surface area contributed by atoms with Crippen LogP contribution in [0.2, 0.25) is 0 Å². The molecule has 18 heavy (non-hydrogen) atoms. The number of rotatable bonds is 1. The molecule has 0 radical (unpaired) electrons. The number of nitrogens with two attached hydrogens (primary N) is 2. The van der Waals surface area contributed by atoms with Crippen LogP contribution in [0.5, 0.6) is 5.75 Å². The number of aryl methyl sites for hydroxylation is 1. The van der Waals surface area contributed by atoms with E-state index in [0.717, 1.165) is 10.9 Å². The summed E-state index contributed by atoms with van der Waals surface area (Å²) in [6.45, 7) is 0. The summed E-state index contributed by atoms with van der Waals surface area (Å²) < 4.78 is 1.67. The number of benzene rings is 1. The maximum atomic E-state index is 11.7. The van der Waals surface area contributed by atoms with E-state index in [1.54, 1.807) is 35.9 Å². The van der Waals surface area contributed by atoms with Gasteiger partial charge in [0.05, 0.1) is 0 Å². The Kier molecular flexibility index (Phi) is 3.82. The van der Waals surface area contributed by atoms with Gasteiger partial charge in [-0.3, -0.25) is 4.79 Å². The minimum atomic E-state index is -0.511. The molecule has 1 aromatic heterocycles. The number of carbonyl (C=O) groups is 1. The lowest BCUT2D eigenvalue weighted by molar-refractivity contribution is 0.0995. The molecule has 0 atom stereocenters. The highest BCUT2D eigenvalue weighted by Crippen LogP contribution is 2.23. The molecular formula is C11H13ClN4O2. The second-order valence-electron chi connectivity index (χ2n) is 3.67. The zero-order valence-corrected chi connectivity index (χ0v) is 10.4. The van der Waals surface area contributed by atoms with E-state index < -0.39 is 5.91 Å². The van der Waals surface area contributed by atoms with Gasteiger partial charge in [0.2, 0.25) is 0 Å². The second-order valence-corrected chi connectivity index (χ2v) is 3.67. The topological polar surface area (TPSA) is 107 Å². The number of aromatic hydroxyl groups is 1. The van der Waals surface area contributed by atoms with E-state index in [9.17, 15) is 9.90 Å². The third-order valence-electron chi connectivity index (χ3n) is 2.48. The Morgan fingerprint density at radius 2 is 2.00 bits per heavy atom. The lowest BCUT2D eigenvalue weighted by Gasteiger charge is -2.00. The van der Waals surface area contributed by atoms with Gasteiger partial charge in [0, 0.05) is 18.0 Å². The van der Waals surface area contributed by atoms with E-state index in [4.69, 9.17) is 11.5 Å². The number of fused-ring (bicyclic) bond motifs is 1. The summed E-state index contributed by atoms with van der Waals surface area (Å²) in [4.78, 5) is 15.2. The molecule has 0 aliphatic carbocycles. The standard InChI is InChI=1S/C11H12N4O2.ClH/c1-15-8-3-2-7(16)4-6(8)5-9(15)10(17)14-11(12)13;/h2-5,16H,1H3,(H4,12,13,14,17);1H. The molecule has 1 heterocycles. The number of aromatic nitrogens is 1. The van der Waals surface area contributed by atoms with E-state index in [2.05, 4.69) is 4.99 Å². The first-order valence-corrected chi connectivity index (χ1v) is 4.91. The molecule has 96 valence electrons. The third-order valence-corrected chi connectivity index (χ3v) is 2.48. The fourth-order valence-corrected chi connectivity index (χ4v) is 1.72. The van der Waals surface area contributed by atoms with Crippen LogP contribution >= 0.6 is 12.4 Å². The molecule has 1 amide bonds. The van der Waals surface area contributed by atoms with Crippen molar-refractivity contribution in [3.63, 3.8) is 0 Å². The van der Waals surface area contributed by atoms with Crippen molar-refractivity contribution >= 4 is 35.2 Å². The lowest BCUT2D eigenvalue weighted by Crippen LogP contribution is -2.24. The summed E-state index contributed by atoms with van der Waals surface area (Å²) in [6, 6.07) is 6.47. The fraction of sp³-hybridized carbons (Fsp3) is 0.0909. The van der Waals surface area contributed by atoms with E-state index in [-0.39, 0.29) is 24.1 Å². The number of carbonyl (C=O) groups excluding carboxylic acids is 1. The number of halogens is 1. The smallest absolute Gasteiger partial charge is 0.296 e. The van der Waals surface area contributed by atoms with Gasteiger partial charge in [-0.2, -0.15) is 4.99 Å². The average Bonchev–Trinajstić information content (AvgIpc) is 2.54. The van der Waals surface area contributed by atoms with Crippen LogP contribution in [0.1, 0.15) is 10.5 Å². The largest absolute Gasteiger partial charge is 0.508 e. The normalized spacial score (nSPS) is 9.83. The maximum Gasteiger partial charge on any atom is 0.296 e. The van der Waals surface area contributed by atoms with Crippen LogP contribution in [0.3, 0.4) is 0 Å². The Labute approximate surface area is 109 Å². The number of phenolic OH excluding ortho intramolecular Hbond substituents is 1. The third kappa shape index (κ3) is 2.38. The van der Waals surface area contributed by atoms with Gasteiger partial charge in [-0.1, -0.05) is 0 Å². The predicted molar refractivity (Wildman–Crippen MR) is 72.0 cm³/mol. The molecule has 5 N–H and O–H groups in total. The van der Waals surface area contributed by atoms with Gasteiger partial charge < -0.3 is 21.1 Å². The summed E-state index contributed by atoms with van der Waals surface area (Å²) >= 11 is 0. The van der Waals surface area contributed by atoms with Gasteiger partial charge in [0.15, 0.2) is 5.96 Å². The highest BCUT2D eigenvalue weighted by molar-refractivity contribution is 6.04. The molecule has 2 aromatic rings. The Morgan fingerprint density at radius 1 is 1.33 bits per heavy atom. The molecule has 1 aromatic carbocycles. The Bertz CT molecular complexity index is 629. The Hall–Kier alpha value is -2.21. The molecular weight excluding hydrogens is 256 g/mol. The van der Waals surface area contributed by atoms with E-state index in [1.807, 2.05) is 0 Å². The number of nitrogens with zero attached hydrogens (tertiary/aromatic N) is 2. The summed E-state index contributed by atoms with van der Waals surface area (Å²) in [6.07, 6.45) is 0. The monoisotopic (exact) mass is 268 g/mol. The van der Waals surface area contributed by atoms with Crippen molar-refractivity contribution in [3.05, 3.63) is 30.0 Å². The maximum absolute atomic E-state index is 11.7. The zero-order chi connectivity index (χ0) is 12.6. The first kappa shape index (κ1) is 13.9. The van der Waals surface area contributed by atoms with Crippen LogP contribution in [0.15, 0.2) is 29.3 Å². The van der Waals surface area contributed by atoms with Crippen LogP contribution in [0, 0.1) is 0 Å². The van der Waals surface area contributed by atoms with Crippen molar-refractivity contribution < 1.29 is 9.90 Å². The lowest BCUT2D eigenvalue weighted by atomic mass is 10.2. The Balaban J connectivity index is 0.00000162. The average molecular weight is 269 g/mol. The van der Waals surface area contributed by atoms with Gasteiger partial charge >= 0.3 is 0 Å². The number of aliphatic imine (C=N–C) groups is 1. The van der Waals surface area contributed by atoms with Gasteiger partial charge in [-0.15, -0.1) is 12.4 Å². The quantitative estimate of drug-likeness (QED) is 0.523. The number of hydrogen-bond donors (Lipinski definition) is 3. The van der Waals surface area contributed by atoms with Crippen LogP contribution in [-0.2, 0) is 7.05 Å². The first-order valence-electron chi connectivity index (χ1n) is 4.91. The molecule has 6 nitrogen and oxygen atoms in total. The second kappa shape index (κ2) is 4.97. The summed E-state index contributed by atoms with van der Waals surface area (Å²) in [7, 11) is 1.73. The minimum absolute atomic E-state index is 0. The van der Waals surface area contributed by atoms with Gasteiger partial charge in [0.25, 0.3) is 5.91 Å². The molecule has 0 saturated carbocycles. The molecule has 0 aliphatic heterocycles. The number of guanidine groups is 1. The van der Waals surface area contributed by atoms with Crippen LogP contribution in [0.25, 0.3) is 10.9 Å². The van der Waals surface area contributed by atoms with Gasteiger partial charge in [-0.05, 0) is 24.3 Å². The van der Waals surface area contributed by atoms with Gasteiger partial charge in [0.1, 0.15) is 11.4 Å². The van der Waals surface area contributed by atoms with Crippen LogP contribution < -0.4 is 11.5 Å². The fourth-order valence-electron chi connectivity index (χ4n) is 1.72. The number of phenols is 1. The van der Waals surface area contributed by atoms with Crippen LogP contribution in [-0.4, -0.2) is 21.5 Å².